The molecule has 31 heavy (non-hydrogen) atoms. The minimum atomic E-state index is -0.484. The number of unbranched alkanes of at least 4 members (excludes halogenated alkanes) is 10. The Labute approximate surface area is 185 Å². The van der Waals surface area contributed by atoms with Crippen LogP contribution in [-0.4, -0.2) is 29.5 Å². The van der Waals surface area contributed by atoms with E-state index in [1.807, 2.05) is 0 Å². The highest BCUT2D eigenvalue weighted by Gasteiger charge is 2.05. The zero-order valence-corrected chi connectivity index (χ0v) is 18.6. The van der Waals surface area contributed by atoms with Gasteiger partial charge < -0.3 is 5.32 Å². The number of benzene rings is 1. The van der Waals surface area contributed by atoms with Crippen molar-refractivity contribution in [1.82, 2.24) is 10.7 Å². The molecule has 0 atom stereocenters. The summed E-state index contributed by atoms with van der Waals surface area (Å²) < 4.78 is 0. The molecule has 8 heteroatoms. The van der Waals surface area contributed by atoms with Gasteiger partial charge in [-0.1, -0.05) is 71.1 Å². The molecular weight excluding hydrogens is 396 g/mol. The second-order valence-corrected chi connectivity index (χ2v) is 7.70. The summed E-state index contributed by atoms with van der Waals surface area (Å²) in [7, 11) is 0. The molecule has 0 aliphatic rings. The third-order valence-corrected chi connectivity index (χ3v) is 4.96. The molecule has 1 aromatic carbocycles. The number of nitrogens with one attached hydrogen (secondary N) is 2. The number of hydrogen-bond donors (Lipinski definition) is 2. The van der Waals surface area contributed by atoms with Gasteiger partial charge in [-0.25, -0.2) is 5.43 Å². The quantitative estimate of drug-likeness (QED) is 0.158. The van der Waals surface area contributed by atoms with Crippen LogP contribution >= 0.6 is 0 Å². The van der Waals surface area contributed by atoms with Crippen LogP contribution in [0.3, 0.4) is 0 Å². The predicted molar refractivity (Wildman–Crippen MR) is 123 cm³/mol. The van der Waals surface area contributed by atoms with E-state index in [2.05, 4.69) is 22.8 Å². The third kappa shape index (κ3) is 14.0. The number of amides is 2. The summed E-state index contributed by atoms with van der Waals surface area (Å²) in [4.78, 5) is 33.6. The molecular formula is C23H36N4O4. The number of nitro groups is 1. The van der Waals surface area contributed by atoms with E-state index >= 15 is 0 Å². The first-order valence-electron chi connectivity index (χ1n) is 11.4. The number of hydrogen-bond acceptors (Lipinski definition) is 5. The fraction of sp³-hybridized carbons (Fsp3) is 0.609. The average molecular weight is 433 g/mol. The van der Waals surface area contributed by atoms with Crippen molar-refractivity contribution in [2.45, 2.75) is 84.0 Å². The first kappa shape index (κ1) is 26.3. The molecule has 0 saturated heterocycles. The molecule has 1 rings (SSSR count). The predicted octanol–water partition coefficient (Wildman–Crippen LogP) is 4.86. The SMILES string of the molecule is CCCCCCCCCCCCCC(=O)NCC(=O)NN=Cc1ccc([N+](=O)[O-])cc1. The molecule has 0 unspecified atom stereocenters. The van der Waals surface area contributed by atoms with Crippen molar-refractivity contribution >= 4 is 23.7 Å². The lowest BCUT2D eigenvalue weighted by Crippen LogP contribution is -2.34. The van der Waals surface area contributed by atoms with E-state index in [1.165, 1.54) is 81.8 Å². The van der Waals surface area contributed by atoms with Crippen molar-refractivity contribution in [3.63, 3.8) is 0 Å². The molecule has 2 amide bonds. The van der Waals surface area contributed by atoms with Gasteiger partial charge in [-0.05, 0) is 24.1 Å². The Kier molecular flexibility index (Phi) is 14.4. The molecule has 0 fully saturated rings. The monoisotopic (exact) mass is 432 g/mol. The van der Waals surface area contributed by atoms with Crippen molar-refractivity contribution in [1.29, 1.82) is 0 Å². The normalized spacial score (nSPS) is 10.9. The maximum atomic E-state index is 11.8. The largest absolute Gasteiger partial charge is 0.347 e. The highest BCUT2D eigenvalue weighted by Crippen LogP contribution is 2.12. The Morgan fingerprint density at radius 3 is 2.00 bits per heavy atom. The molecule has 2 N–H and O–H groups in total. The number of rotatable bonds is 17. The summed E-state index contributed by atoms with van der Waals surface area (Å²) >= 11 is 0. The van der Waals surface area contributed by atoms with Crippen molar-refractivity contribution in [3.05, 3.63) is 39.9 Å². The number of carbonyl (C=O) groups excluding carboxylic acids is 2. The van der Waals surface area contributed by atoms with Gasteiger partial charge in [0.1, 0.15) is 0 Å². The summed E-state index contributed by atoms with van der Waals surface area (Å²) in [5.41, 5.74) is 2.92. The van der Waals surface area contributed by atoms with E-state index in [0.29, 0.717) is 12.0 Å². The van der Waals surface area contributed by atoms with E-state index in [-0.39, 0.29) is 18.1 Å². The van der Waals surface area contributed by atoms with Crippen LogP contribution < -0.4 is 10.7 Å². The first-order valence-corrected chi connectivity index (χ1v) is 11.4. The van der Waals surface area contributed by atoms with Gasteiger partial charge in [-0.3, -0.25) is 19.7 Å². The van der Waals surface area contributed by atoms with Crippen LogP contribution in [0.15, 0.2) is 29.4 Å². The molecule has 8 nitrogen and oxygen atoms in total. The maximum absolute atomic E-state index is 11.8. The topological polar surface area (TPSA) is 114 Å². The molecule has 1 aromatic rings. The Morgan fingerprint density at radius 2 is 1.45 bits per heavy atom. The van der Waals surface area contributed by atoms with Gasteiger partial charge in [0, 0.05) is 18.6 Å². The number of carbonyl (C=O) groups is 2. The number of nitro benzene ring substituents is 1. The molecule has 172 valence electrons. The van der Waals surface area contributed by atoms with Crippen molar-refractivity contribution in [2.24, 2.45) is 5.10 Å². The lowest BCUT2D eigenvalue weighted by Gasteiger charge is -2.05. The smallest absolute Gasteiger partial charge is 0.269 e. The summed E-state index contributed by atoms with van der Waals surface area (Å²) in [6, 6.07) is 5.78. The summed E-state index contributed by atoms with van der Waals surface area (Å²) in [6.07, 6.45) is 15.3. The maximum Gasteiger partial charge on any atom is 0.269 e. The minimum Gasteiger partial charge on any atom is -0.347 e. The minimum absolute atomic E-state index is 0.0123. The van der Waals surface area contributed by atoms with Crippen molar-refractivity contribution in [3.8, 4) is 0 Å². The van der Waals surface area contributed by atoms with Crippen LogP contribution in [0.4, 0.5) is 5.69 Å². The van der Waals surface area contributed by atoms with Crippen LogP contribution in [0.25, 0.3) is 0 Å². The van der Waals surface area contributed by atoms with Crippen molar-refractivity contribution < 1.29 is 14.5 Å². The molecule has 0 radical (unpaired) electrons. The lowest BCUT2D eigenvalue weighted by atomic mass is 10.1. The lowest BCUT2D eigenvalue weighted by molar-refractivity contribution is -0.384. The molecule has 0 saturated carbocycles. The Morgan fingerprint density at radius 1 is 0.903 bits per heavy atom. The highest BCUT2D eigenvalue weighted by molar-refractivity contribution is 5.86. The first-order chi connectivity index (χ1) is 15.0. The van der Waals surface area contributed by atoms with Gasteiger partial charge in [0.25, 0.3) is 11.6 Å². The molecule has 0 heterocycles. The molecule has 0 aliphatic carbocycles. The van der Waals surface area contributed by atoms with E-state index in [0.717, 1.165) is 19.3 Å². The summed E-state index contributed by atoms with van der Waals surface area (Å²) in [6.45, 7) is 2.10. The van der Waals surface area contributed by atoms with Crippen molar-refractivity contribution in [2.75, 3.05) is 6.54 Å². The van der Waals surface area contributed by atoms with Gasteiger partial charge in [-0.2, -0.15) is 5.10 Å². The average Bonchev–Trinajstić information content (AvgIpc) is 2.76. The number of hydrazone groups is 1. The van der Waals surface area contributed by atoms with E-state index in [4.69, 9.17) is 0 Å². The summed E-state index contributed by atoms with van der Waals surface area (Å²) in [5, 5.41) is 17.0. The van der Waals surface area contributed by atoms with Gasteiger partial charge in [0.2, 0.25) is 5.91 Å². The standard InChI is InChI=1S/C23H36N4O4/c1-2-3-4-5-6-7-8-9-10-11-12-13-22(28)24-19-23(29)26-25-18-20-14-16-21(17-15-20)27(30)31/h14-18H,2-13,19H2,1H3,(H,24,28)(H,26,29). The van der Waals surface area contributed by atoms with Crippen LogP contribution in [0.1, 0.15) is 89.5 Å². The third-order valence-electron chi connectivity index (χ3n) is 4.96. The second-order valence-electron chi connectivity index (χ2n) is 7.70. The fourth-order valence-corrected chi connectivity index (χ4v) is 3.12. The Bertz CT molecular complexity index is 689. The van der Waals surface area contributed by atoms with Crippen LogP contribution in [0.5, 0.6) is 0 Å². The second kappa shape index (κ2) is 17.0. The number of nitrogens with zero attached hydrogens (tertiary/aromatic N) is 2. The Hall–Kier alpha value is -2.77. The van der Waals surface area contributed by atoms with Crippen LogP contribution in [0.2, 0.25) is 0 Å². The number of non-ortho nitro benzene ring substituents is 1. The van der Waals surface area contributed by atoms with Crippen LogP contribution in [-0.2, 0) is 9.59 Å². The van der Waals surface area contributed by atoms with Gasteiger partial charge in [0.15, 0.2) is 0 Å². The zero-order chi connectivity index (χ0) is 22.7. The fourth-order valence-electron chi connectivity index (χ4n) is 3.12. The van der Waals surface area contributed by atoms with E-state index in [9.17, 15) is 19.7 Å². The van der Waals surface area contributed by atoms with Gasteiger partial charge in [0.05, 0.1) is 17.7 Å². The van der Waals surface area contributed by atoms with Gasteiger partial charge in [-0.15, -0.1) is 0 Å². The van der Waals surface area contributed by atoms with Crippen LogP contribution in [0, 0.1) is 10.1 Å². The van der Waals surface area contributed by atoms with Gasteiger partial charge >= 0.3 is 0 Å². The molecule has 0 aliphatic heterocycles. The molecule has 0 aromatic heterocycles. The zero-order valence-electron chi connectivity index (χ0n) is 18.6. The molecule has 0 spiro atoms. The van der Waals surface area contributed by atoms with E-state index in [1.54, 1.807) is 0 Å². The highest BCUT2D eigenvalue weighted by atomic mass is 16.6. The molecule has 0 bridgehead atoms. The van der Waals surface area contributed by atoms with E-state index < -0.39 is 10.8 Å². The Balaban J connectivity index is 2.01. The summed E-state index contributed by atoms with van der Waals surface area (Å²) in [5.74, 6) is -0.559.